The number of nitrogens with one attached hydrogen (secondary N) is 1. The molecule has 0 saturated heterocycles. The lowest BCUT2D eigenvalue weighted by molar-refractivity contribution is 0.495. The lowest BCUT2D eigenvalue weighted by atomic mass is 10.1. The Morgan fingerprint density at radius 1 is 1.35 bits per heavy atom. The van der Waals surface area contributed by atoms with Crippen LogP contribution in [0.1, 0.15) is 37.7 Å². The van der Waals surface area contributed by atoms with Gasteiger partial charge in [0.2, 0.25) is 10.0 Å². The maximum atomic E-state index is 12.1. The average molecular weight is 313 g/mol. The van der Waals surface area contributed by atoms with Crippen LogP contribution in [0.3, 0.4) is 0 Å². The Hall–Kier alpha value is -1.09. The highest BCUT2D eigenvalue weighted by Gasteiger charge is 2.18. The topological polar surface area (TPSA) is 70.0 Å². The third kappa shape index (κ3) is 3.72. The van der Waals surface area contributed by atoms with Gasteiger partial charge >= 0.3 is 0 Å². The van der Waals surface area contributed by atoms with Gasteiger partial charge in [-0.05, 0) is 30.5 Å². The van der Waals surface area contributed by atoms with Crippen LogP contribution in [-0.2, 0) is 10.0 Å². The first-order valence-corrected chi connectivity index (χ1v) is 8.58. The predicted octanol–water partition coefficient (Wildman–Crippen LogP) is 3.07. The van der Waals surface area contributed by atoms with Gasteiger partial charge in [-0.3, -0.25) is 0 Å². The van der Waals surface area contributed by atoms with Gasteiger partial charge < -0.3 is 0 Å². The summed E-state index contributed by atoms with van der Waals surface area (Å²) >= 11 is 5.86. The number of sulfonamides is 1. The van der Waals surface area contributed by atoms with Crippen molar-refractivity contribution in [2.75, 3.05) is 6.54 Å². The van der Waals surface area contributed by atoms with Gasteiger partial charge in [0.05, 0.1) is 15.5 Å². The second-order valence-corrected chi connectivity index (χ2v) is 7.26. The van der Waals surface area contributed by atoms with Gasteiger partial charge in [-0.15, -0.1) is 0 Å². The summed E-state index contributed by atoms with van der Waals surface area (Å²) in [5.74, 6) is 0.641. The Bertz CT molecular complexity index is 617. The zero-order valence-corrected chi connectivity index (χ0v) is 12.7. The zero-order chi connectivity index (χ0) is 14.6. The first-order chi connectivity index (χ1) is 9.53. The van der Waals surface area contributed by atoms with E-state index in [4.69, 9.17) is 16.9 Å². The predicted molar refractivity (Wildman–Crippen MR) is 77.9 cm³/mol. The van der Waals surface area contributed by atoms with Crippen molar-refractivity contribution in [1.29, 1.82) is 5.26 Å². The maximum Gasteiger partial charge on any atom is 0.240 e. The molecule has 1 aliphatic rings. The van der Waals surface area contributed by atoms with Gasteiger partial charge in [0.25, 0.3) is 0 Å². The van der Waals surface area contributed by atoms with Gasteiger partial charge in [-0.2, -0.15) is 5.26 Å². The average Bonchev–Trinajstić information content (AvgIpc) is 2.91. The number of nitrogens with zero attached hydrogens (tertiary/aromatic N) is 1. The van der Waals surface area contributed by atoms with Gasteiger partial charge in [0.1, 0.15) is 6.07 Å². The number of rotatable bonds is 5. The van der Waals surface area contributed by atoms with Crippen molar-refractivity contribution in [2.45, 2.75) is 37.0 Å². The van der Waals surface area contributed by atoms with Gasteiger partial charge in [0, 0.05) is 6.54 Å². The second kappa shape index (κ2) is 6.57. The molecule has 0 radical (unpaired) electrons. The third-order valence-corrected chi connectivity index (χ3v) is 5.46. The molecule has 1 aromatic carbocycles. The molecule has 0 spiro atoms. The summed E-state index contributed by atoms with van der Waals surface area (Å²) in [5.41, 5.74) is 0.275. The normalized spacial score (nSPS) is 16.2. The van der Waals surface area contributed by atoms with Crippen LogP contribution in [0.25, 0.3) is 0 Å². The van der Waals surface area contributed by atoms with Gasteiger partial charge in [-0.25, -0.2) is 13.1 Å². The number of halogens is 1. The van der Waals surface area contributed by atoms with Crippen molar-refractivity contribution in [3.8, 4) is 6.07 Å². The Balaban J connectivity index is 1.99. The molecule has 0 amide bonds. The van der Waals surface area contributed by atoms with E-state index >= 15 is 0 Å². The highest BCUT2D eigenvalue weighted by Crippen LogP contribution is 2.27. The molecule has 0 bridgehead atoms. The first kappa shape index (κ1) is 15.3. The van der Waals surface area contributed by atoms with E-state index in [9.17, 15) is 8.42 Å². The van der Waals surface area contributed by atoms with Crippen molar-refractivity contribution >= 4 is 21.6 Å². The van der Waals surface area contributed by atoms with Crippen LogP contribution in [0.5, 0.6) is 0 Å². The van der Waals surface area contributed by atoms with E-state index in [1.54, 1.807) is 0 Å². The molecule has 1 aromatic rings. The van der Waals surface area contributed by atoms with E-state index in [-0.39, 0.29) is 15.5 Å². The minimum Gasteiger partial charge on any atom is -0.211 e. The molecule has 2 rings (SSSR count). The minimum atomic E-state index is -3.54. The summed E-state index contributed by atoms with van der Waals surface area (Å²) in [6, 6.07) is 6.05. The molecule has 4 nitrogen and oxygen atoms in total. The second-order valence-electron chi connectivity index (χ2n) is 5.09. The largest absolute Gasteiger partial charge is 0.240 e. The number of benzene rings is 1. The fraction of sp³-hybridized carbons (Fsp3) is 0.500. The van der Waals surface area contributed by atoms with Crippen molar-refractivity contribution in [2.24, 2.45) is 5.92 Å². The van der Waals surface area contributed by atoms with Crippen LogP contribution >= 0.6 is 11.6 Å². The summed E-state index contributed by atoms with van der Waals surface area (Å²) in [6.07, 6.45) is 5.78. The summed E-state index contributed by atoms with van der Waals surface area (Å²) in [4.78, 5) is 0.105. The molecule has 0 aromatic heterocycles. The van der Waals surface area contributed by atoms with Crippen molar-refractivity contribution in [3.63, 3.8) is 0 Å². The van der Waals surface area contributed by atoms with Crippen molar-refractivity contribution in [1.82, 2.24) is 4.72 Å². The van der Waals surface area contributed by atoms with E-state index < -0.39 is 10.0 Å². The molecule has 0 aliphatic heterocycles. The molecular weight excluding hydrogens is 296 g/mol. The quantitative estimate of drug-likeness (QED) is 0.908. The summed E-state index contributed by atoms with van der Waals surface area (Å²) in [5, 5.41) is 8.93. The maximum absolute atomic E-state index is 12.1. The van der Waals surface area contributed by atoms with Crippen LogP contribution < -0.4 is 4.72 Å². The molecule has 1 fully saturated rings. The van der Waals surface area contributed by atoms with Gasteiger partial charge in [-0.1, -0.05) is 37.3 Å². The molecule has 1 N–H and O–H groups in total. The molecule has 1 saturated carbocycles. The summed E-state index contributed by atoms with van der Waals surface area (Å²) in [7, 11) is -3.54. The van der Waals surface area contributed by atoms with Crippen LogP contribution in [0.4, 0.5) is 0 Å². The molecule has 0 atom stereocenters. The zero-order valence-electron chi connectivity index (χ0n) is 11.1. The summed E-state index contributed by atoms with van der Waals surface area (Å²) < 4.78 is 26.8. The van der Waals surface area contributed by atoms with Gasteiger partial charge in [0.15, 0.2) is 0 Å². The number of hydrogen-bond acceptors (Lipinski definition) is 3. The Labute approximate surface area is 124 Å². The molecule has 108 valence electrons. The fourth-order valence-electron chi connectivity index (χ4n) is 2.53. The van der Waals surface area contributed by atoms with E-state index in [2.05, 4.69) is 4.72 Å². The monoisotopic (exact) mass is 312 g/mol. The standard InChI is InChI=1S/C14H17ClN2O2S/c15-14-9-13(6-5-12(14)10-16)20(18,19)17-8-7-11-3-1-2-4-11/h5-6,9,11,17H,1-4,7-8H2. The van der Waals surface area contributed by atoms with Crippen molar-refractivity contribution < 1.29 is 8.42 Å². The summed E-state index contributed by atoms with van der Waals surface area (Å²) in [6.45, 7) is 0.449. The molecule has 0 unspecified atom stereocenters. The Morgan fingerprint density at radius 3 is 2.65 bits per heavy atom. The van der Waals surface area contributed by atoms with E-state index in [0.717, 1.165) is 6.42 Å². The lowest BCUT2D eigenvalue weighted by Crippen LogP contribution is -2.26. The lowest BCUT2D eigenvalue weighted by Gasteiger charge is -2.10. The van der Waals surface area contributed by atoms with Crippen LogP contribution in [0, 0.1) is 17.2 Å². The fourth-order valence-corrected chi connectivity index (χ4v) is 3.89. The van der Waals surface area contributed by atoms with Crippen LogP contribution in [0.15, 0.2) is 23.1 Å². The molecular formula is C14H17ClN2O2S. The Kier molecular flexibility index (Phi) is 5.03. The molecule has 6 heteroatoms. The van der Waals surface area contributed by atoms with Crippen molar-refractivity contribution in [3.05, 3.63) is 28.8 Å². The third-order valence-electron chi connectivity index (χ3n) is 3.69. The minimum absolute atomic E-state index is 0.105. The van der Waals surface area contributed by atoms with Crippen LogP contribution in [-0.4, -0.2) is 15.0 Å². The van der Waals surface area contributed by atoms with E-state index in [0.29, 0.717) is 12.5 Å². The smallest absolute Gasteiger partial charge is 0.211 e. The SMILES string of the molecule is N#Cc1ccc(S(=O)(=O)NCCC2CCCC2)cc1Cl. The molecule has 0 heterocycles. The molecule has 1 aliphatic carbocycles. The highest BCUT2D eigenvalue weighted by atomic mass is 35.5. The first-order valence-electron chi connectivity index (χ1n) is 6.72. The highest BCUT2D eigenvalue weighted by molar-refractivity contribution is 7.89. The Morgan fingerprint density at radius 2 is 2.05 bits per heavy atom. The number of nitriles is 1. The van der Waals surface area contributed by atoms with Crippen LogP contribution in [0.2, 0.25) is 5.02 Å². The molecule has 20 heavy (non-hydrogen) atoms. The van der Waals surface area contributed by atoms with E-state index in [1.807, 2.05) is 6.07 Å². The number of hydrogen-bond donors (Lipinski definition) is 1. The van der Waals surface area contributed by atoms with E-state index in [1.165, 1.54) is 43.9 Å².